The molecule has 0 aliphatic carbocycles. The van der Waals surface area contributed by atoms with E-state index in [4.69, 9.17) is 0 Å². The summed E-state index contributed by atoms with van der Waals surface area (Å²) in [6.07, 6.45) is 2.22. The van der Waals surface area contributed by atoms with Gasteiger partial charge in [0.15, 0.2) is 0 Å². The van der Waals surface area contributed by atoms with Crippen molar-refractivity contribution in [3.8, 4) is 0 Å². The van der Waals surface area contributed by atoms with E-state index in [-0.39, 0.29) is 5.91 Å². The lowest BCUT2D eigenvalue weighted by molar-refractivity contribution is 0.0698. The molecule has 1 aromatic heterocycles. The van der Waals surface area contributed by atoms with E-state index in [2.05, 4.69) is 60.9 Å². The van der Waals surface area contributed by atoms with Crippen molar-refractivity contribution in [2.45, 2.75) is 32.6 Å². The van der Waals surface area contributed by atoms with Gasteiger partial charge in [0, 0.05) is 31.4 Å². The smallest absolute Gasteiger partial charge is 0.270 e. The summed E-state index contributed by atoms with van der Waals surface area (Å²) in [7, 11) is 2.00. The van der Waals surface area contributed by atoms with Crippen molar-refractivity contribution in [3.63, 3.8) is 0 Å². The molecule has 1 fully saturated rings. The second-order valence-corrected chi connectivity index (χ2v) is 7.61. The van der Waals surface area contributed by atoms with Crippen LogP contribution in [0.4, 0.5) is 0 Å². The van der Waals surface area contributed by atoms with E-state index in [1.54, 1.807) is 0 Å². The van der Waals surface area contributed by atoms with E-state index in [9.17, 15) is 4.79 Å². The minimum Gasteiger partial charge on any atom is -0.339 e. The molecule has 0 radical (unpaired) electrons. The Morgan fingerprint density at radius 3 is 2.65 bits per heavy atom. The molecule has 3 aromatic rings. The zero-order valence-corrected chi connectivity index (χ0v) is 15.8. The van der Waals surface area contributed by atoms with Crippen molar-refractivity contribution in [2.24, 2.45) is 7.05 Å². The number of aryl methyl sites for hydroxylation is 3. The molecule has 1 saturated heterocycles. The maximum Gasteiger partial charge on any atom is 0.270 e. The lowest BCUT2D eigenvalue weighted by Crippen LogP contribution is -2.39. The van der Waals surface area contributed by atoms with Gasteiger partial charge < -0.3 is 9.47 Å². The molecule has 0 spiro atoms. The van der Waals surface area contributed by atoms with Gasteiger partial charge in [0.1, 0.15) is 5.69 Å². The van der Waals surface area contributed by atoms with Gasteiger partial charge in [0.25, 0.3) is 5.91 Å². The Labute approximate surface area is 155 Å². The highest BCUT2D eigenvalue weighted by atomic mass is 16.2. The fourth-order valence-electron chi connectivity index (χ4n) is 4.35. The minimum absolute atomic E-state index is 0.153. The van der Waals surface area contributed by atoms with E-state index >= 15 is 0 Å². The van der Waals surface area contributed by atoms with Gasteiger partial charge in [-0.05, 0) is 43.9 Å². The molecule has 1 amide bonds. The summed E-state index contributed by atoms with van der Waals surface area (Å²) in [4.78, 5) is 15.3. The summed E-state index contributed by atoms with van der Waals surface area (Å²) in [6.45, 7) is 5.89. The lowest BCUT2D eigenvalue weighted by atomic mass is 9.89. The number of aromatic nitrogens is 1. The number of carbonyl (C=O) groups is 1. The molecule has 0 saturated carbocycles. The Hall–Kier alpha value is -2.55. The third kappa shape index (κ3) is 2.92. The van der Waals surface area contributed by atoms with Crippen LogP contribution in [0.3, 0.4) is 0 Å². The van der Waals surface area contributed by atoms with Crippen LogP contribution in [0, 0.1) is 13.8 Å². The number of carbonyl (C=O) groups excluding carboxylic acids is 1. The second-order valence-electron chi connectivity index (χ2n) is 7.61. The number of nitrogens with zero attached hydrogens (tertiary/aromatic N) is 2. The molecule has 1 aliphatic rings. The quantitative estimate of drug-likeness (QED) is 0.653. The van der Waals surface area contributed by atoms with Gasteiger partial charge in [-0.2, -0.15) is 0 Å². The number of rotatable bonds is 2. The number of fused-ring (bicyclic) bond motifs is 1. The molecule has 1 atom stereocenters. The number of hydrogen-bond acceptors (Lipinski definition) is 1. The normalized spacial score (nSPS) is 17.7. The highest BCUT2D eigenvalue weighted by Crippen LogP contribution is 2.29. The summed E-state index contributed by atoms with van der Waals surface area (Å²) in [5.74, 6) is 0.587. The minimum atomic E-state index is 0.153. The molecule has 3 heteroatoms. The first-order chi connectivity index (χ1) is 12.5. The molecule has 2 heterocycles. The number of piperidine rings is 1. The third-order valence-corrected chi connectivity index (χ3v) is 5.70. The number of para-hydroxylation sites is 1. The molecule has 26 heavy (non-hydrogen) atoms. The average Bonchev–Trinajstić information content (AvgIpc) is 2.99. The van der Waals surface area contributed by atoms with Gasteiger partial charge in [-0.3, -0.25) is 4.79 Å². The topological polar surface area (TPSA) is 25.2 Å². The van der Waals surface area contributed by atoms with Crippen LogP contribution in [0.1, 0.15) is 45.9 Å². The average molecular weight is 346 g/mol. The van der Waals surface area contributed by atoms with Crippen molar-refractivity contribution < 1.29 is 4.79 Å². The zero-order valence-electron chi connectivity index (χ0n) is 15.8. The van der Waals surface area contributed by atoms with Crippen molar-refractivity contribution in [3.05, 3.63) is 70.9 Å². The van der Waals surface area contributed by atoms with Gasteiger partial charge in [-0.1, -0.05) is 48.0 Å². The van der Waals surface area contributed by atoms with E-state index < -0.39 is 0 Å². The molecule has 2 aromatic carbocycles. The molecule has 0 unspecified atom stereocenters. The van der Waals surface area contributed by atoms with Crippen LogP contribution < -0.4 is 0 Å². The first kappa shape index (κ1) is 16.9. The van der Waals surface area contributed by atoms with Gasteiger partial charge in [-0.15, -0.1) is 0 Å². The Kier molecular flexibility index (Phi) is 4.31. The summed E-state index contributed by atoms with van der Waals surface area (Å²) in [5, 5.41) is 1.14. The summed E-state index contributed by atoms with van der Waals surface area (Å²) < 4.78 is 2.06. The highest BCUT2D eigenvalue weighted by molar-refractivity contribution is 5.99. The Morgan fingerprint density at radius 1 is 1.08 bits per heavy atom. The molecule has 0 N–H and O–H groups in total. The van der Waals surface area contributed by atoms with Crippen LogP contribution in [-0.2, 0) is 7.05 Å². The van der Waals surface area contributed by atoms with Crippen molar-refractivity contribution in [1.29, 1.82) is 0 Å². The number of benzene rings is 2. The number of hydrogen-bond donors (Lipinski definition) is 0. The largest absolute Gasteiger partial charge is 0.339 e. The predicted molar refractivity (Wildman–Crippen MR) is 107 cm³/mol. The first-order valence-corrected chi connectivity index (χ1v) is 9.45. The van der Waals surface area contributed by atoms with Crippen molar-refractivity contribution >= 4 is 16.8 Å². The molecule has 134 valence electrons. The molecular formula is C23H26N2O. The molecule has 0 bridgehead atoms. The SMILES string of the molecule is Cc1cccc([C@@H]2CCCN(C(=O)c3cc4cccc(C)c4n3C)C2)c1. The van der Waals surface area contributed by atoms with Crippen LogP contribution in [0.15, 0.2) is 48.5 Å². The zero-order chi connectivity index (χ0) is 18.3. The maximum absolute atomic E-state index is 13.3. The Balaban J connectivity index is 1.62. The van der Waals surface area contributed by atoms with Crippen LogP contribution in [0.25, 0.3) is 10.9 Å². The van der Waals surface area contributed by atoms with Gasteiger partial charge in [0.2, 0.25) is 0 Å². The van der Waals surface area contributed by atoms with Gasteiger partial charge in [-0.25, -0.2) is 0 Å². The highest BCUT2D eigenvalue weighted by Gasteiger charge is 2.27. The summed E-state index contributed by atoms with van der Waals surface area (Å²) in [5.41, 5.74) is 5.80. The standard InChI is InChI=1S/C23H26N2O/c1-16-7-4-9-18(13-16)20-11-6-12-25(15-20)23(26)21-14-19-10-5-8-17(2)22(19)24(21)3/h4-5,7-10,13-14,20H,6,11-12,15H2,1-3H3/t20-/m1/s1. The van der Waals surface area contributed by atoms with Gasteiger partial charge >= 0.3 is 0 Å². The fraction of sp³-hybridized carbons (Fsp3) is 0.348. The first-order valence-electron chi connectivity index (χ1n) is 9.45. The number of amides is 1. The van der Waals surface area contributed by atoms with E-state index in [0.717, 1.165) is 42.5 Å². The molecular weight excluding hydrogens is 320 g/mol. The van der Waals surface area contributed by atoms with Gasteiger partial charge in [0.05, 0.1) is 5.52 Å². The van der Waals surface area contributed by atoms with Crippen LogP contribution in [0.2, 0.25) is 0 Å². The lowest BCUT2D eigenvalue weighted by Gasteiger charge is -2.33. The molecule has 3 nitrogen and oxygen atoms in total. The van der Waals surface area contributed by atoms with Crippen molar-refractivity contribution in [2.75, 3.05) is 13.1 Å². The van der Waals surface area contributed by atoms with Crippen LogP contribution in [-0.4, -0.2) is 28.5 Å². The third-order valence-electron chi connectivity index (χ3n) is 5.70. The van der Waals surface area contributed by atoms with E-state index in [1.807, 2.05) is 18.0 Å². The van der Waals surface area contributed by atoms with Crippen LogP contribution >= 0.6 is 0 Å². The monoisotopic (exact) mass is 346 g/mol. The molecule has 1 aliphatic heterocycles. The summed E-state index contributed by atoms with van der Waals surface area (Å²) >= 11 is 0. The number of likely N-dealkylation sites (tertiary alicyclic amines) is 1. The Morgan fingerprint density at radius 2 is 1.88 bits per heavy atom. The molecule has 4 rings (SSSR count). The fourth-order valence-corrected chi connectivity index (χ4v) is 4.35. The van der Waals surface area contributed by atoms with E-state index in [0.29, 0.717) is 5.92 Å². The predicted octanol–water partition coefficient (Wildman–Crippen LogP) is 4.81. The Bertz CT molecular complexity index is 969. The maximum atomic E-state index is 13.3. The second kappa shape index (κ2) is 6.64. The van der Waals surface area contributed by atoms with Crippen molar-refractivity contribution in [1.82, 2.24) is 9.47 Å². The summed E-state index contributed by atoms with van der Waals surface area (Å²) in [6, 6.07) is 17.0. The van der Waals surface area contributed by atoms with E-state index in [1.165, 1.54) is 16.7 Å². The van der Waals surface area contributed by atoms with Crippen LogP contribution in [0.5, 0.6) is 0 Å².